The second kappa shape index (κ2) is 7.91. The highest BCUT2D eigenvalue weighted by molar-refractivity contribution is 5.98. The van der Waals surface area contributed by atoms with E-state index in [1.165, 1.54) is 12.8 Å². The fourth-order valence-electron chi connectivity index (χ4n) is 3.90. The van der Waals surface area contributed by atoms with Crippen molar-refractivity contribution in [3.8, 4) is 11.5 Å². The molecule has 1 aliphatic heterocycles. The smallest absolute Gasteiger partial charge is 0.247 e. The van der Waals surface area contributed by atoms with Gasteiger partial charge in [0.25, 0.3) is 0 Å². The summed E-state index contributed by atoms with van der Waals surface area (Å²) in [4.78, 5) is 12.2. The van der Waals surface area contributed by atoms with Crippen molar-refractivity contribution in [3.63, 3.8) is 0 Å². The second-order valence-corrected chi connectivity index (χ2v) is 7.27. The lowest BCUT2D eigenvalue weighted by Crippen LogP contribution is -2.35. The number of furan rings is 1. The molecule has 142 valence electrons. The largest absolute Gasteiger partial charge is 0.493 e. The monoisotopic (exact) mass is 367 g/mol. The summed E-state index contributed by atoms with van der Waals surface area (Å²) in [5.41, 5.74) is 2.82. The van der Waals surface area contributed by atoms with Crippen LogP contribution in [0.5, 0.6) is 11.5 Å². The minimum Gasteiger partial charge on any atom is -0.493 e. The maximum atomic E-state index is 12.2. The van der Waals surface area contributed by atoms with E-state index >= 15 is 0 Å². The molecule has 27 heavy (non-hydrogen) atoms. The molecule has 0 bridgehead atoms. The third kappa shape index (κ3) is 4.02. The molecule has 1 saturated heterocycles. The molecule has 2 aromatic rings. The summed E-state index contributed by atoms with van der Waals surface area (Å²) < 4.78 is 16.8. The highest BCUT2D eigenvalue weighted by Crippen LogP contribution is 2.36. The predicted molar refractivity (Wildman–Crippen MR) is 103 cm³/mol. The van der Waals surface area contributed by atoms with Crippen molar-refractivity contribution in [3.05, 3.63) is 53.5 Å². The topological polar surface area (TPSA) is 60.7 Å². The van der Waals surface area contributed by atoms with Crippen molar-refractivity contribution in [1.29, 1.82) is 0 Å². The van der Waals surface area contributed by atoms with Gasteiger partial charge in [-0.1, -0.05) is 6.07 Å². The number of benzene rings is 1. The summed E-state index contributed by atoms with van der Waals surface area (Å²) in [6.07, 6.45) is 10.8. The number of piperidine rings is 1. The summed E-state index contributed by atoms with van der Waals surface area (Å²) in [5, 5.41) is 3.00. The fraction of sp³-hybridized carbons (Fsp3) is 0.409. The van der Waals surface area contributed by atoms with E-state index in [1.54, 1.807) is 19.6 Å². The lowest BCUT2D eigenvalue weighted by Gasteiger charge is -2.26. The quantitative estimate of drug-likeness (QED) is 0.801. The van der Waals surface area contributed by atoms with Crippen LogP contribution in [0.2, 0.25) is 0 Å². The fourth-order valence-corrected chi connectivity index (χ4v) is 3.90. The van der Waals surface area contributed by atoms with Gasteiger partial charge in [0.1, 0.15) is 0 Å². The maximum absolute atomic E-state index is 12.2. The van der Waals surface area contributed by atoms with Gasteiger partial charge in [0.05, 0.1) is 25.7 Å². The molecule has 4 rings (SSSR count). The molecule has 2 heterocycles. The Bertz CT molecular complexity index is 819. The van der Waals surface area contributed by atoms with Gasteiger partial charge in [0.15, 0.2) is 11.5 Å². The van der Waals surface area contributed by atoms with E-state index < -0.39 is 0 Å². The first-order valence-corrected chi connectivity index (χ1v) is 9.58. The lowest BCUT2D eigenvalue weighted by molar-refractivity contribution is -0.118. The van der Waals surface area contributed by atoms with Crippen LogP contribution in [0.4, 0.5) is 0 Å². The van der Waals surface area contributed by atoms with Crippen molar-refractivity contribution in [2.45, 2.75) is 44.1 Å². The Labute approximate surface area is 159 Å². The third-order valence-corrected chi connectivity index (χ3v) is 5.41. The molecule has 1 N–H and O–H groups in total. The molecular weight excluding hydrogens is 342 g/mol. The number of hydrogen-bond acceptors (Lipinski definition) is 4. The zero-order valence-corrected chi connectivity index (χ0v) is 15.6. The molecule has 1 aromatic carbocycles. The second-order valence-electron chi connectivity index (χ2n) is 7.27. The lowest BCUT2D eigenvalue weighted by atomic mass is 9.87. The van der Waals surface area contributed by atoms with Crippen LogP contribution in [0.3, 0.4) is 0 Å². The number of hydrogen-bond donors (Lipinski definition) is 1. The Morgan fingerprint density at radius 2 is 2.04 bits per heavy atom. The summed E-state index contributed by atoms with van der Waals surface area (Å²) in [5.74, 6) is 1.76. The van der Waals surface area contributed by atoms with E-state index in [0.717, 1.165) is 41.0 Å². The van der Waals surface area contributed by atoms with Crippen molar-refractivity contribution >= 4 is 12.0 Å². The molecule has 0 radical (unpaired) electrons. The number of methoxy groups -OCH3 is 1. The van der Waals surface area contributed by atoms with Gasteiger partial charge in [-0.05, 0) is 61.9 Å². The van der Waals surface area contributed by atoms with Crippen LogP contribution in [0.15, 0.2) is 46.8 Å². The van der Waals surface area contributed by atoms with Crippen molar-refractivity contribution in [2.75, 3.05) is 13.7 Å². The van der Waals surface area contributed by atoms with Crippen LogP contribution in [-0.4, -0.2) is 25.7 Å². The molecule has 0 unspecified atom stereocenters. The standard InChI is InChI=1S/C22H25NO4/c1-25-20-7-6-16(12-21(20)27-19-4-2-3-5-19)18-11-17(22(24)23-13-18)10-15-8-9-26-14-15/h6-10,12,14,18-19H,2-5,11,13H2,1H3,(H,23,24)/t18-/m1/s1. The van der Waals surface area contributed by atoms with Gasteiger partial charge < -0.3 is 19.2 Å². The van der Waals surface area contributed by atoms with Gasteiger partial charge in [0, 0.05) is 23.6 Å². The minimum atomic E-state index is -0.0107. The number of ether oxygens (including phenoxy) is 2. The molecule has 1 aromatic heterocycles. The molecule has 1 aliphatic carbocycles. The Morgan fingerprint density at radius 1 is 1.19 bits per heavy atom. The Balaban J connectivity index is 1.55. The van der Waals surface area contributed by atoms with E-state index in [0.29, 0.717) is 13.0 Å². The number of amides is 1. The van der Waals surface area contributed by atoms with Crippen LogP contribution >= 0.6 is 0 Å². The van der Waals surface area contributed by atoms with Crippen LogP contribution in [0, 0.1) is 0 Å². The van der Waals surface area contributed by atoms with Gasteiger partial charge >= 0.3 is 0 Å². The molecule has 0 spiro atoms. The van der Waals surface area contributed by atoms with Crippen LogP contribution in [0.25, 0.3) is 6.08 Å². The molecule has 1 saturated carbocycles. The maximum Gasteiger partial charge on any atom is 0.247 e. The van der Waals surface area contributed by atoms with E-state index in [9.17, 15) is 4.79 Å². The van der Waals surface area contributed by atoms with Gasteiger partial charge in [-0.15, -0.1) is 0 Å². The zero-order chi connectivity index (χ0) is 18.6. The summed E-state index contributed by atoms with van der Waals surface area (Å²) in [6.45, 7) is 0.622. The normalized spacial score (nSPS) is 22.0. The minimum absolute atomic E-state index is 0.0107. The molecule has 2 fully saturated rings. The van der Waals surface area contributed by atoms with Crippen molar-refractivity contribution in [2.24, 2.45) is 0 Å². The Kier molecular flexibility index (Phi) is 5.19. The summed E-state index contributed by atoms with van der Waals surface area (Å²) in [7, 11) is 1.67. The zero-order valence-electron chi connectivity index (χ0n) is 15.6. The number of rotatable bonds is 5. The highest BCUT2D eigenvalue weighted by Gasteiger charge is 2.26. The summed E-state index contributed by atoms with van der Waals surface area (Å²) in [6, 6.07) is 7.97. The Morgan fingerprint density at radius 3 is 2.78 bits per heavy atom. The van der Waals surface area contributed by atoms with Gasteiger partial charge in [-0.3, -0.25) is 4.79 Å². The highest BCUT2D eigenvalue weighted by atomic mass is 16.5. The van der Waals surface area contributed by atoms with Crippen molar-refractivity contribution in [1.82, 2.24) is 5.32 Å². The first-order valence-electron chi connectivity index (χ1n) is 9.58. The summed E-state index contributed by atoms with van der Waals surface area (Å²) >= 11 is 0. The van der Waals surface area contributed by atoms with Gasteiger partial charge in [-0.2, -0.15) is 0 Å². The molecule has 2 aliphatic rings. The number of carbonyl (C=O) groups is 1. The van der Waals surface area contributed by atoms with E-state index in [1.807, 2.05) is 18.2 Å². The van der Waals surface area contributed by atoms with Gasteiger partial charge in [-0.25, -0.2) is 0 Å². The van der Waals surface area contributed by atoms with E-state index in [-0.39, 0.29) is 17.9 Å². The molecular formula is C22H25NO4. The van der Waals surface area contributed by atoms with Crippen LogP contribution in [0.1, 0.15) is 49.1 Å². The van der Waals surface area contributed by atoms with Crippen molar-refractivity contribution < 1.29 is 18.7 Å². The van der Waals surface area contributed by atoms with Crippen LogP contribution in [-0.2, 0) is 4.79 Å². The number of carbonyl (C=O) groups excluding carboxylic acids is 1. The molecule has 1 amide bonds. The van der Waals surface area contributed by atoms with E-state index in [2.05, 4.69) is 17.4 Å². The molecule has 5 nitrogen and oxygen atoms in total. The SMILES string of the molecule is COc1ccc([C@H]2CNC(=O)C(=Cc3ccoc3)C2)cc1OC1CCCC1. The third-order valence-electron chi connectivity index (χ3n) is 5.41. The average molecular weight is 367 g/mol. The first-order chi connectivity index (χ1) is 13.2. The van der Waals surface area contributed by atoms with Gasteiger partial charge in [0.2, 0.25) is 5.91 Å². The molecule has 1 atom stereocenters. The Hall–Kier alpha value is -2.69. The predicted octanol–water partition coefficient (Wildman–Crippen LogP) is 4.30. The first kappa shape index (κ1) is 17.7. The van der Waals surface area contributed by atoms with Crippen LogP contribution < -0.4 is 14.8 Å². The average Bonchev–Trinajstić information content (AvgIpc) is 3.38. The van der Waals surface area contributed by atoms with E-state index in [4.69, 9.17) is 13.9 Å². The molecule has 5 heteroatoms. The number of nitrogens with one attached hydrogen (secondary N) is 1.